The topological polar surface area (TPSA) is 140 Å². The standard InChI is InChI=1S/C34H29NO9/c35-30-29(44-34(39)25-19-11-4-12-20-25)28(43-33(38)24-17-9-3-10-18-24)27(42-32(37)23-15-7-2-8-16-23)26(41-30)21-40-31(36)22-13-5-1-6-14-22/h1-20,26-30H,21,35H2/t26-,27-,28+,29+,30-/m1/s1. The largest absolute Gasteiger partial charge is 0.459 e. The molecule has 1 fully saturated rings. The molecule has 44 heavy (non-hydrogen) atoms. The summed E-state index contributed by atoms with van der Waals surface area (Å²) in [6, 6.07) is 32.6. The van der Waals surface area contributed by atoms with Crippen LogP contribution in [0, 0.1) is 0 Å². The van der Waals surface area contributed by atoms with Gasteiger partial charge in [0.15, 0.2) is 18.3 Å². The first kappa shape index (κ1) is 30.1. The number of ether oxygens (including phenoxy) is 5. The van der Waals surface area contributed by atoms with Gasteiger partial charge in [0, 0.05) is 0 Å². The Morgan fingerprint density at radius 1 is 0.500 bits per heavy atom. The summed E-state index contributed by atoms with van der Waals surface area (Å²) in [5.41, 5.74) is 7.24. The van der Waals surface area contributed by atoms with Crippen LogP contribution in [-0.2, 0) is 23.7 Å². The lowest BCUT2D eigenvalue weighted by atomic mass is 9.97. The molecule has 1 aliphatic rings. The maximum Gasteiger partial charge on any atom is 0.338 e. The second kappa shape index (κ2) is 14.2. The van der Waals surface area contributed by atoms with Crippen molar-refractivity contribution in [2.45, 2.75) is 30.6 Å². The molecule has 0 unspecified atom stereocenters. The van der Waals surface area contributed by atoms with E-state index >= 15 is 0 Å². The lowest BCUT2D eigenvalue weighted by Crippen LogP contribution is -2.64. The fourth-order valence-electron chi connectivity index (χ4n) is 4.60. The summed E-state index contributed by atoms with van der Waals surface area (Å²) < 4.78 is 28.9. The van der Waals surface area contributed by atoms with Gasteiger partial charge in [-0.3, -0.25) is 0 Å². The molecule has 10 nitrogen and oxygen atoms in total. The predicted octanol–water partition coefficient (Wildman–Crippen LogP) is 4.20. The third kappa shape index (κ3) is 7.35. The molecule has 0 radical (unpaired) electrons. The number of nitrogens with two attached hydrogens (primary N) is 1. The molecule has 5 rings (SSSR count). The fraction of sp³-hybridized carbons (Fsp3) is 0.176. The van der Waals surface area contributed by atoms with E-state index in [2.05, 4.69) is 0 Å². The Morgan fingerprint density at radius 3 is 1.25 bits per heavy atom. The van der Waals surface area contributed by atoms with Crippen molar-refractivity contribution < 1.29 is 42.9 Å². The first-order chi connectivity index (χ1) is 21.4. The highest BCUT2D eigenvalue weighted by atomic mass is 16.7. The lowest BCUT2D eigenvalue weighted by molar-refractivity contribution is -0.227. The minimum atomic E-state index is -1.45. The van der Waals surface area contributed by atoms with Crippen LogP contribution in [-0.4, -0.2) is 61.1 Å². The maximum absolute atomic E-state index is 13.3. The van der Waals surface area contributed by atoms with Gasteiger partial charge < -0.3 is 29.4 Å². The van der Waals surface area contributed by atoms with Crippen LogP contribution in [0.5, 0.6) is 0 Å². The molecule has 0 spiro atoms. The zero-order valence-corrected chi connectivity index (χ0v) is 23.4. The third-order valence-electron chi connectivity index (χ3n) is 6.82. The first-order valence-corrected chi connectivity index (χ1v) is 13.8. The van der Waals surface area contributed by atoms with Gasteiger partial charge in [-0.1, -0.05) is 72.8 Å². The number of esters is 4. The number of benzene rings is 4. The van der Waals surface area contributed by atoms with Crippen LogP contribution in [0.4, 0.5) is 0 Å². The molecule has 4 aromatic carbocycles. The molecule has 4 aromatic rings. The molecule has 224 valence electrons. The first-order valence-electron chi connectivity index (χ1n) is 13.8. The highest BCUT2D eigenvalue weighted by Crippen LogP contribution is 2.29. The van der Waals surface area contributed by atoms with Crippen molar-refractivity contribution in [1.82, 2.24) is 0 Å². The second-order valence-electron chi connectivity index (χ2n) is 9.81. The quantitative estimate of drug-likeness (QED) is 0.221. The van der Waals surface area contributed by atoms with E-state index in [1.165, 1.54) is 12.1 Å². The average molecular weight is 596 g/mol. The van der Waals surface area contributed by atoms with Crippen molar-refractivity contribution in [1.29, 1.82) is 0 Å². The monoisotopic (exact) mass is 595 g/mol. The molecule has 1 saturated heterocycles. The van der Waals surface area contributed by atoms with E-state index in [0.29, 0.717) is 0 Å². The minimum absolute atomic E-state index is 0.195. The van der Waals surface area contributed by atoms with Gasteiger partial charge in [-0.2, -0.15) is 0 Å². The summed E-state index contributed by atoms with van der Waals surface area (Å²) in [5.74, 6) is -2.99. The van der Waals surface area contributed by atoms with Crippen LogP contribution in [0.15, 0.2) is 121 Å². The molecule has 0 bridgehead atoms. The third-order valence-corrected chi connectivity index (χ3v) is 6.82. The zero-order valence-electron chi connectivity index (χ0n) is 23.4. The van der Waals surface area contributed by atoms with Crippen LogP contribution in [0.25, 0.3) is 0 Å². The summed E-state index contributed by atoms with van der Waals surface area (Å²) in [4.78, 5) is 52.5. The zero-order chi connectivity index (χ0) is 30.9. The molecule has 10 heteroatoms. The van der Waals surface area contributed by atoms with Gasteiger partial charge in [0.1, 0.15) is 18.9 Å². The molecule has 1 aliphatic heterocycles. The number of hydrogen-bond acceptors (Lipinski definition) is 10. The van der Waals surface area contributed by atoms with Crippen LogP contribution < -0.4 is 5.73 Å². The van der Waals surface area contributed by atoms with E-state index in [1.54, 1.807) is 109 Å². The van der Waals surface area contributed by atoms with E-state index in [1.807, 2.05) is 0 Å². The highest BCUT2D eigenvalue weighted by Gasteiger charge is 2.52. The molecule has 0 amide bonds. The SMILES string of the molecule is N[C@@H]1O[C@H](COC(=O)c2ccccc2)[C@@H](OC(=O)c2ccccc2)[C@H](OC(=O)c2ccccc2)[C@@H]1OC(=O)c1ccccc1. The summed E-state index contributed by atoms with van der Waals surface area (Å²) in [7, 11) is 0. The van der Waals surface area contributed by atoms with E-state index in [-0.39, 0.29) is 22.3 Å². The molecule has 0 saturated carbocycles. The molecule has 5 atom stereocenters. The molecular formula is C34H29NO9. The highest BCUT2D eigenvalue weighted by molar-refractivity contribution is 5.91. The Morgan fingerprint density at radius 2 is 0.841 bits per heavy atom. The maximum atomic E-state index is 13.3. The van der Waals surface area contributed by atoms with Crippen LogP contribution in [0.1, 0.15) is 41.4 Å². The van der Waals surface area contributed by atoms with Crippen LogP contribution >= 0.6 is 0 Å². The average Bonchev–Trinajstić information content (AvgIpc) is 3.07. The predicted molar refractivity (Wildman–Crippen MR) is 157 cm³/mol. The van der Waals surface area contributed by atoms with Gasteiger partial charge in [0.25, 0.3) is 0 Å². The molecule has 0 aromatic heterocycles. The molecule has 1 heterocycles. The Bertz CT molecular complexity index is 1570. The lowest BCUT2D eigenvalue weighted by Gasteiger charge is -2.43. The molecule has 2 N–H and O–H groups in total. The summed E-state index contributed by atoms with van der Waals surface area (Å²) >= 11 is 0. The van der Waals surface area contributed by atoms with Crippen LogP contribution in [0.3, 0.4) is 0 Å². The van der Waals surface area contributed by atoms with Gasteiger partial charge in [0.05, 0.1) is 22.3 Å². The Labute approximate surface area is 253 Å². The smallest absolute Gasteiger partial charge is 0.338 e. The van der Waals surface area contributed by atoms with E-state index in [9.17, 15) is 19.2 Å². The number of rotatable bonds is 9. The van der Waals surface area contributed by atoms with E-state index in [0.717, 1.165) is 0 Å². The summed E-state index contributed by atoms with van der Waals surface area (Å²) in [6.07, 6.45) is -6.83. The van der Waals surface area contributed by atoms with E-state index in [4.69, 9.17) is 29.4 Å². The van der Waals surface area contributed by atoms with Gasteiger partial charge >= 0.3 is 23.9 Å². The van der Waals surface area contributed by atoms with E-state index < -0.39 is 61.1 Å². The van der Waals surface area contributed by atoms with Gasteiger partial charge in [0.2, 0.25) is 0 Å². The minimum Gasteiger partial charge on any atom is -0.459 e. The summed E-state index contributed by atoms with van der Waals surface area (Å²) in [5, 5.41) is 0. The van der Waals surface area contributed by atoms with Crippen molar-refractivity contribution in [3.05, 3.63) is 144 Å². The Kier molecular flexibility index (Phi) is 9.75. The normalized spacial score (nSPS) is 21.0. The molecular weight excluding hydrogens is 566 g/mol. The van der Waals surface area contributed by atoms with Gasteiger partial charge in [-0.15, -0.1) is 0 Å². The number of carbonyl (C=O) groups is 4. The van der Waals surface area contributed by atoms with Crippen molar-refractivity contribution >= 4 is 23.9 Å². The van der Waals surface area contributed by atoms with Crippen molar-refractivity contribution in [2.75, 3.05) is 6.61 Å². The number of carbonyl (C=O) groups excluding carboxylic acids is 4. The molecule has 0 aliphatic carbocycles. The summed E-state index contributed by atoms with van der Waals surface area (Å²) in [6.45, 7) is -0.424. The van der Waals surface area contributed by atoms with Crippen molar-refractivity contribution in [2.24, 2.45) is 5.73 Å². The van der Waals surface area contributed by atoms with Gasteiger partial charge in [-0.25, -0.2) is 19.2 Å². The van der Waals surface area contributed by atoms with Crippen molar-refractivity contribution in [3.8, 4) is 0 Å². The fourth-order valence-corrected chi connectivity index (χ4v) is 4.60. The number of hydrogen-bond donors (Lipinski definition) is 1. The van der Waals surface area contributed by atoms with Gasteiger partial charge in [-0.05, 0) is 48.5 Å². The Hall–Kier alpha value is -5.32. The second-order valence-corrected chi connectivity index (χ2v) is 9.81. The van der Waals surface area contributed by atoms with Crippen molar-refractivity contribution in [3.63, 3.8) is 0 Å². The van der Waals surface area contributed by atoms with Crippen LogP contribution in [0.2, 0.25) is 0 Å². The Balaban J connectivity index is 1.48.